The minimum absolute atomic E-state index is 0.0952. The summed E-state index contributed by atoms with van der Waals surface area (Å²) in [5.74, 6) is 2.20. The van der Waals surface area contributed by atoms with Gasteiger partial charge in [0.15, 0.2) is 0 Å². The molecule has 0 amide bonds. The highest BCUT2D eigenvalue weighted by atomic mass is 32.2. The quantitative estimate of drug-likeness (QED) is 0.736. The minimum atomic E-state index is -3.27. The molecule has 0 saturated heterocycles. The third kappa shape index (κ3) is 3.34. The van der Waals surface area contributed by atoms with E-state index in [4.69, 9.17) is 4.74 Å². The summed E-state index contributed by atoms with van der Waals surface area (Å²) in [6, 6.07) is 21.0. The Morgan fingerprint density at radius 1 is 0.880 bits per heavy atom. The van der Waals surface area contributed by atoms with Crippen LogP contribution < -0.4 is 14.0 Å². The van der Waals surface area contributed by atoms with Crippen molar-refractivity contribution in [3.05, 3.63) is 72.9 Å². The van der Waals surface area contributed by atoms with E-state index in [0.29, 0.717) is 12.4 Å². The van der Waals surface area contributed by atoms with E-state index < -0.39 is 10.0 Å². The average molecular weight is 353 g/mol. The normalized spacial score (nSPS) is 15.0. The number of fused-ring (bicyclic) bond motifs is 1. The van der Waals surface area contributed by atoms with Gasteiger partial charge in [-0.05, 0) is 42.0 Å². The SMILES string of the molecule is O=S1(=O)CC[n+]2cccc(-c3ccc(Oc4ccccc4)cc3)c2N1. The standard InChI is InChI=1S/C19H16N2O3S/c22-25(23)14-13-21-12-4-7-18(19(21)20-25)15-8-10-17(11-9-15)24-16-5-2-1-3-6-16/h1-12H,13-14H2/p+1. The van der Waals surface area contributed by atoms with Gasteiger partial charge in [-0.2, -0.15) is 13.1 Å². The van der Waals surface area contributed by atoms with Crippen molar-refractivity contribution in [3.8, 4) is 22.6 Å². The van der Waals surface area contributed by atoms with Crippen LogP contribution in [0.25, 0.3) is 11.1 Å². The fraction of sp³-hybridized carbons (Fsp3) is 0.105. The molecule has 2 aromatic carbocycles. The molecule has 25 heavy (non-hydrogen) atoms. The van der Waals surface area contributed by atoms with E-state index in [0.717, 1.165) is 22.6 Å². The number of pyridine rings is 1. The Kier molecular flexibility index (Phi) is 3.89. The number of rotatable bonds is 3. The van der Waals surface area contributed by atoms with E-state index in [2.05, 4.69) is 4.72 Å². The number of sulfonamides is 1. The number of para-hydroxylation sites is 1. The number of hydrogen-bond donors (Lipinski definition) is 1. The van der Waals surface area contributed by atoms with Crippen LogP contribution in [0.2, 0.25) is 0 Å². The van der Waals surface area contributed by atoms with Crippen molar-refractivity contribution in [3.63, 3.8) is 0 Å². The largest absolute Gasteiger partial charge is 0.457 e. The monoisotopic (exact) mass is 353 g/mol. The zero-order valence-electron chi connectivity index (χ0n) is 13.4. The number of aromatic nitrogens is 1. The lowest BCUT2D eigenvalue weighted by molar-refractivity contribution is -0.679. The molecule has 1 aliphatic rings. The molecule has 0 fully saturated rings. The third-order valence-corrected chi connectivity index (χ3v) is 5.29. The van der Waals surface area contributed by atoms with Gasteiger partial charge in [0.05, 0.1) is 11.8 Å². The zero-order valence-corrected chi connectivity index (χ0v) is 14.2. The van der Waals surface area contributed by atoms with Gasteiger partial charge in [0.25, 0.3) is 5.82 Å². The van der Waals surface area contributed by atoms with Gasteiger partial charge in [-0.1, -0.05) is 30.3 Å². The molecule has 2 heterocycles. The Morgan fingerprint density at radius 3 is 2.36 bits per heavy atom. The highest BCUT2D eigenvalue weighted by Crippen LogP contribution is 2.30. The highest BCUT2D eigenvalue weighted by Gasteiger charge is 2.29. The molecule has 0 atom stereocenters. The number of benzene rings is 2. The van der Waals surface area contributed by atoms with E-state index in [9.17, 15) is 8.42 Å². The lowest BCUT2D eigenvalue weighted by atomic mass is 10.1. The van der Waals surface area contributed by atoms with Crippen molar-refractivity contribution in [1.29, 1.82) is 0 Å². The zero-order chi connectivity index (χ0) is 17.3. The number of nitrogens with one attached hydrogen (secondary N) is 1. The van der Waals surface area contributed by atoms with Crippen LogP contribution >= 0.6 is 0 Å². The fourth-order valence-electron chi connectivity index (χ4n) is 2.83. The smallest absolute Gasteiger partial charge is 0.302 e. The first-order valence-electron chi connectivity index (χ1n) is 7.97. The van der Waals surface area contributed by atoms with E-state index in [-0.39, 0.29) is 5.75 Å². The molecule has 0 aliphatic carbocycles. The van der Waals surface area contributed by atoms with E-state index >= 15 is 0 Å². The molecule has 1 aromatic heterocycles. The van der Waals surface area contributed by atoms with Crippen molar-refractivity contribution in [2.24, 2.45) is 0 Å². The number of anilines is 1. The third-order valence-electron chi connectivity index (χ3n) is 4.07. The van der Waals surface area contributed by atoms with Crippen LogP contribution in [0, 0.1) is 0 Å². The number of aryl methyl sites for hydroxylation is 1. The molecular weight excluding hydrogens is 336 g/mol. The van der Waals surface area contributed by atoms with Crippen LogP contribution in [0.3, 0.4) is 0 Å². The summed E-state index contributed by atoms with van der Waals surface area (Å²) < 4.78 is 34.2. The lowest BCUT2D eigenvalue weighted by Crippen LogP contribution is -2.47. The summed E-state index contributed by atoms with van der Waals surface area (Å²) in [5, 5.41) is 0. The van der Waals surface area contributed by atoms with Gasteiger partial charge in [0.2, 0.25) is 0 Å². The Labute approximate surface area is 146 Å². The van der Waals surface area contributed by atoms with Crippen LogP contribution in [0.4, 0.5) is 5.82 Å². The van der Waals surface area contributed by atoms with E-state index in [1.54, 1.807) is 0 Å². The van der Waals surface area contributed by atoms with Crippen LogP contribution in [-0.4, -0.2) is 14.2 Å². The summed E-state index contributed by atoms with van der Waals surface area (Å²) in [4.78, 5) is 0. The molecule has 1 N–H and O–H groups in total. The van der Waals surface area contributed by atoms with Crippen molar-refractivity contribution in [2.45, 2.75) is 6.54 Å². The molecule has 4 rings (SSSR count). The predicted molar refractivity (Wildman–Crippen MR) is 96.0 cm³/mol. The highest BCUT2D eigenvalue weighted by molar-refractivity contribution is 7.92. The van der Waals surface area contributed by atoms with Crippen molar-refractivity contribution >= 4 is 15.8 Å². The molecule has 0 saturated carbocycles. The Morgan fingerprint density at radius 2 is 1.60 bits per heavy atom. The summed E-state index contributed by atoms with van der Waals surface area (Å²) in [7, 11) is -3.27. The molecular formula is C19H17N2O3S+. The molecule has 3 aromatic rings. The van der Waals surface area contributed by atoms with E-state index in [1.807, 2.05) is 77.5 Å². The van der Waals surface area contributed by atoms with Gasteiger partial charge in [-0.25, -0.2) is 4.57 Å². The van der Waals surface area contributed by atoms with Gasteiger partial charge in [-0.3, -0.25) is 0 Å². The van der Waals surface area contributed by atoms with Gasteiger partial charge < -0.3 is 4.74 Å². The maximum atomic E-state index is 11.9. The first kappa shape index (κ1) is 15.7. The van der Waals surface area contributed by atoms with Gasteiger partial charge in [0, 0.05) is 0 Å². The minimum Gasteiger partial charge on any atom is -0.457 e. The summed E-state index contributed by atoms with van der Waals surface area (Å²) in [6.45, 7) is 0.452. The molecule has 6 heteroatoms. The Balaban J connectivity index is 1.65. The number of ether oxygens (including phenoxy) is 1. The molecule has 0 radical (unpaired) electrons. The molecule has 126 valence electrons. The summed E-state index contributed by atoms with van der Waals surface area (Å²) in [5.41, 5.74) is 1.77. The summed E-state index contributed by atoms with van der Waals surface area (Å²) in [6.07, 6.45) is 1.88. The van der Waals surface area contributed by atoms with Crippen LogP contribution in [-0.2, 0) is 16.6 Å². The Bertz CT molecular complexity index is 1000. The van der Waals surface area contributed by atoms with Gasteiger partial charge >= 0.3 is 10.0 Å². The molecule has 1 aliphatic heterocycles. The van der Waals surface area contributed by atoms with Crippen LogP contribution in [0.5, 0.6) is 11.5 Å². The second-order valence-corrected chi connectivity index (χ2v) is 7.67. The lowest BCUT2D eigenvalue weighted by Gasteiger charge is -2.15. The van der Waals surface area contributed by atoms with Crippen LogP contribution in [0.15, 0.2) is 72.9 Å². The maximum Gasteiger partial charge on any atom is 0.302 e. The Hall–Kier alpha value is -2.86. The summed E-state index contributed by atoms with van der Waals surface area (Å²) >= 11 is 0. The fourth-order valence-corrected chi connectivity index (χ4v) is 3.89. The molecule has 5 nitrogen and oxygen atoms in total. The van der Waals surface area contributed by atoms with Crippen LogP contribution in [0.1, 0.15) is 0 Å². The topological polar surface area (TPSA) is 59.3 Å². The van der Waals surface area contributed by atoms with E-state index in [1.165, 1.54) is 0 Å². The number of nitrogens with zero attached hydrogens (tertiary/aromatic N) is 1. The average Bonchev–Trinajstić information content (AvgIpc) is 2.62. The second-order valence-electron chi connectivity index (χ2n) is 5.82. The predicted octanol–water partition coefficient (Wildman–Crippen LogP) is 3.19. The van der Waals surface area contributed by atoms with Crippen molar-refractivity contribution in [2.75, 3.05) is 10.5 Å². The molecule has 0 spiro atoms. The van der Waals surface area contributed by atoms with Crippen molar-refractivity contribution < 1.29 is 17.7 Å². The maximum absolute atomic E-state index is 11.9. The number of hydrogen-bond acceptors (Lipinski definition) is 3. The first-order chi connectivity index (χ1) is 12.1. The van der Waals surface area contributed by atoms with Gasteiger partial charge in [-0.15, -0.1) is 0 Å². The van der Waals surface area contributed by atoms with Crippen molar-refractivity contribution in [1.82, 2.24) is 0 Å². The second kappa shape index (κ2) is 6.22. The molecule has 0 unspecified atom stereocenters. The molecule has 0 bridgehead atoms. The first-order valence-corrected chi connectivity index (χ1v) is 9.62. The van der Waals surface area contributed by atoms with Gasteiger partial charge in [0.1, 0.15) is 23.8 Å².